The second-order valence-corrected chi connectivity index (χ2v) is 4.45. The van der Waals surface area contributed by atoms with E-state index in [1.54, 1.807) is 0 Å². The van der Waals surface area contributed by atoms with E-state index in [2.05, 4.69) is 4.72 Å². The minimum atomic E-state index is -3.32. The molecule has 3 N–H and O–H groups in total. The number of halogens is 1. The topological polar surface area (TPSA) is 84.7 Å². The van der Waals surface area contributed by atoms with E-state index in [-0.39, 0.29) is 19.0 Å². The summed E-state index contributed by atoms with van der Waals surface area (Å²) in [5.41, 5.74) is 5.20. The predicted molar refractivity (Wildman–Crippen MR) is 55.6 cm³/mol. The third kappa shape index (κ3) is 4.07. The second kappa shape index (κ2) is 6.54. The van der Waals surface area contributed by atoms with Crippen molar-refractivity contribution in [2.75, 3.05) is 39.4 Å². The molecule has 0 bridgehead atoms. The maximum absolute atomic E-state index is 11.4. The van der Waals surface area contributed by atoms with Gasteiger partial charge in [-0.2, -0.15) is 12.7 Å². The van der Waals surface area contributed by atoms with E-state index >= 15 is 0 Å². The van der Waals surface area contributed by atoms with Crippen molar-refractivity contribution in [1.82, 2.24) is 9.03 Å². The maximum Gasteiger partial charge on any atom is 0.279 e. The fraction of sp³-hybridized carbons (Fsp3) is 1.00. The Kier molecular flexibility index (Phi) is 6.58. The van der Waals surface area contributed by atoms with Crippen LogP contribution in [-0.2, 0) is 14.9 Å². The van der Waals surface area contributed by atoms with Gasteiger partial charge in [-0.1, -0.05) is 0 Å². The van der Waals surface area contributed by atoms with Crippen LogP contribution in [0, 0.1) is 0 Å². The molecule has 1 fully saturated rings. The summed E-state index contributed by atoms with van der Waals surface area (Å²) >= 11 is 0. The Bertz CT molecular complexity index is 241. The summed E-state index contributed by atoms with van der Waals surface area (Å²) in [5.74, 6) is 0. The number of nitrogens with zero attached hydrogens (tertiary/aromatic N) is 1. The molecule has 86 valence electrons. The van der Waals surface area contributed by atoms with Gasteiger partial charge in [-0.25, -0.2) is 4.72 Å². The van der Waals surface area contributed by atoms with Gasteiger partial charge in [-0.3, -0.25) is 0 Å². The highest BCUT2D eigenvalue weighted by atomic mass is 35.5. The number of hydrogen-bond acceptors (Lipinski definition) is 4. The van der Waals surface area contributed by atoms with Crippen LogP contribution in [-0.4, -0.2) is 52.1 Å². The Morgan fingerprint density at radius 2 is 1.93 bits per heavy atom. The fourth-order valence-electron chi connectivity index (χ4n) is 1.07. The first-order valence-electron chi connectivity index (χ1n) is 4.19. The molecule has 0 aromatic rings. The van der Waals surface area contributed by atoms with Gasteiger partial charge in [0.05, 0.1) is 13.2 Å². The van der Waals surface area contributed by atoms with E-state index in [0.29, 0.717) is 32.8 Å². The Morgan fingerprint density at radius 1 is 1.36 bits per heavy atom. The lowest BCUT2D eigenvalue weighted by Gasteiger charge is -2.25. The smallest absolute Gasteiger partial charge is 0.279 e. The third-order valence-electron chi connectivity index (χ3n) is 1.74. The average Bonchev–Trinajstić information content (AvgIpc) is 2.16. The number of rotatable bonds is 4. The van der Waals surface area contributed by atoms with Crippen molar-refractivity contribution in [3.05, 3.63) is 0 Å². The summed E-state index contributed by atoms with van der Waals surface area (Å²) in [6.45, 7) is 2.34. The van der Waals surface area contributed by atoms with Crippen LogP contribution < -0.4 is 10.5 Å². The van der Waals surface area contributed by atoms with Crippen molar-refractivity contribution >= 4 is 22.6 Å². The predicted octanol–water partition coefficient (Wildman–Crippen LogP) is -1.47. The minimum absolute atomic E-state index is 0. The highest BCUT2D eigenvalue weighted by Gasteiger charge is 2.22. The standard InChI is InChI=1S/C6H15N3O3S.ClH/c7-1-2-8-13(10,11)9-3-5-12-6-4-9;/h8H,1-7H2;1H. The first-order valence-corrected chi connectivity index (χ1v) is 5.63. The Morgan fingerprint density at radius 3 is 2.43 bits per heavy atom. The van der Waals surface area contributed by atoms with Crippen LogP contribution >= 0.6 is 12.4 Å². The zero-order valence-electron chi connectivity index (χ0n) is 7.81. The molecule has 14 heavy (non-hydrogen) atoms. The molecule has 1 heterocycles. The van der Waals surface area contributed by atoms with Crippen molar-refractivity contribution in [2.24, 2.45) is 5.73 Å². The highest BCUT2D eigenvalue weighted by Crippen LogP contribution is 2.01. The molecule has 0 unspecified atom stereocenters. The van der Waals surface area contributed by atoms with E-state index in [1.807, 2.05) is 0 Å². The van der Waals surface area contributed by atoms with Gasteiger partial charge < -0.3 is 10.5 Å². The molecule has 0 aromatic heterocycles. The van der Waals surface area contributed by atoms with Crippen LogP contribution in [0.3, 0.4) is 0 Å². The van der Waals surface area contributed by atoms with Crippen LogP contribution in [0.15, 0.2) is 0 Å². The van der Waals surface area contributed by atoms with E-state index in [4.69, 9.17) is 10.5 Å². The van der Waals surface area contributed by atoms with Gasteiger partial charge in [0.25, 0.3) is 10.2 Å². The molecule has 0 atom stereocenters. The quantitative estimate of drug-likeness (QED) is 0.634. The molecule has 0 spiro atoms. The van der Waals surface area contributed by atoms with Crippen LogP contribution in [0.2, 0.25) is 0 Å². The summed E-state index contributed by atoms with van der Waals surface area (Å²) < 4.78 is 31.7. The zero-order chi connectivity index (χ0) is 9.73. The van der Waals surface area contributed by atoms with Crippen molar-refractivity contribution in [3.63, 3.8) is 0 Å². The zero-order valence-corrected chi connectivity index (χ0v) is 9.44. The van der Waals surface area contributed by atoms with E-state index < -0.39 is 10.2 Å². The number of ether oxygens (including phenoxy) is 1. The van der Waals surface area contributed by atoms with Crippen molar-refractivity contribution in [1.29, 1.82) is 0 Å². The fourth-order valence-corrected chi connectivity index (χ4v) is 2.25. The highest BCUT2D eigenvalue weighted by molar-refractivity contribution is 7.87. The Hall–Kier alpha value is 0.0800. The molecule has 1 aliphatic heterocycles. The summed E-state index contributed by atoms with van der Waals surface area (Å²) in [7, 11) is -3.32. The van der Waals surface area contributed by atoms with Crippen LogP contribution in [0.5, 0.6) is 0 Å². The molecular weight excluding hydrogens is 230 g/mol. The van der Waals surface area contributed by atoms with Gasteiger partial charge in [0.15, 0.2) is 0 Å². The third-order valence-corrected chi connectivity index (χ3v) is 3.35. The van der Waals surface area contributed by atoms with Gasteiger partial charge in [-0.05, 0) is 0 Å². The van der Waals surface area contributed by atoms with Crippen LogP contribution in [0.25, 0.3) is 0 Å². The number of hydrogen-bond donors (Lipinski definition) is 2. The van der Waals surface area contributed by atoms with Gasteiger partial charge in [-0.15, -0.1) is 12.4 Å². The summed E-state index contributed by atoms with van der Waals surface area (Å²) in [6.07, 6.45) is 0. The number of morpholine rings is 1. The van der Waals surface area contributed by atoms with Gasteiger partial charge in [0.1, 0.15) is 0 Å². The molecule has 0 radical (unpaired) electrons. The summed E-state index contributed by atoms with van der Waals surface area (Å²) in [6, 6.07) is 0. The Labute approximate surface area is 90.4 Å². The second-order valence-electron chi connectivity index (χ2n) is 2.70. The molecule has 0 aliphatic carbocycles. The molecular formula is C6H16ClN3O3S. The van der Waals surface area contributed by atoms with Gasteiger partial charge in [0.2, 0.25) is 0 Å². The number of nitrogens with two attached hydrogens (primary N) is 1. The van der Waals surface area contributed by atoms with Crippen LogP contribution in [0.1, 0.15) is 0 Å². The number of nitrogens with one attached hydrogen (secondary N) is 1. The van der Waals surface area contributed by atoms with E-state index in [1.165, 1.54) is 4.31 Å². The van der Waals surface area contributed by atoms with E-state index in [0.717, 1.165) is 0 Å². The molecule has 1 aliphatic rings. The maximum atomic E-state index is 11.4. The lowest BCUT2D eigenvalue weighted by molar-refractivity contribution is 0.0725. The first kappa shape index (κ1) is 14.1. The molecule has 0 amide bonds. The molecule has 6 nitrogen and oxygen atoms in total. The SMILES string of the molecule is Cl.NCCNS(=O)(=O)N1CCOCC1. The molecule has 8 heteroatoms. The van der Waals surface area contributed by atoms with Crippen molar-refractivity contribution < 1.29 is 13.2 Å². The minimum Gasteiger partial charge on any atom is -0.379 e. The summed E-state index contributed by atoms with van der Waals surface area (Å²) in [4.78, 5) is 0. The van der Waals surface area contributed by atoms with Crippen molar-refractivity contribution in [3.8, 4) is 0 Å². The molecule has 1 saturated heterocycles. The molecule has 0 saturated carbocycles. The largest absolute Gasteiger partial charge is 0.379 e. The molecule has 0 aromatic carbocycles. The Balaban J connectivity index is 0.00000169. The van der Waals surface area contributed by atoms with E-state index in [9.17, 15) is 8.42 Å². The summed E-state index contributed by atoms with van der Waals surface area (Å²) in [5, 5.41) is 0. The first-order chi connectivity index (χ1) is 6.17. The monoisotopic (exact) mass is 245 g/mol. The average molecular weight is 246 g/mol. The molecule has 1 rings (SSSR count). The normalized spacial score (nSPS) is 18.9. The van der Waals surface area contributed by atoms with Gasteiger partial charge >= 0.3 is 0 Å². The van der Waals surface area contributed by atoms with Gasteiger partial charge in [0, 0.05) is 26.2 Å². The lowest BCUT2D eigenvalue weighted by atomic mass is 10.5. The van der Waals surface area contributed by atoms with Crippen molar-refractivity contribution in [2.45, 2.75) is 0 Å². The lowest BCUT2D eigenvalue weighted by Crippen LogP contribution is -2.47. The van der Waals surface area contributed by atoms with Crippen LogP contribution in [0.4, 0.5) is 0 Å².